The molecule has 0 aliphatic heterocycles. The number of aliphatic carboxylic acids is 1. The summed E-state index contributed by atoms with van der Waals surface area (Å²) in [4.78, 5) is 23.1. The van der Waals surface area contributed by atoms with Gasteiger partial charge in [-0.25, -0.2) is 9.18 Å². The second-order valence-electron chi connectivity index (χ2n) is 7.22. The van der Waals surface area contributed by atoms with Crippen molar-refractivity contribution in [1.82, 2.24) is 10.6 Å². The summed E-state index contributed by atoms with van der Waals surface area (Å²) in [6.07, 6.45) is 2.49. The van der Waals surface area contributed by atoms with Crippen molar-refractivity contribution in [2.45, 2.75) is 51.0 Å². The average molecular weight is 371 g/mol. The molecule has 0 atom stereocenters. The van der Waals surface area contributed by atoms with Crippen molar-refractivity contribution in [2.24, 2.45) is 5.92 Å². The van der Waals surface area contributed by atoms with Gasteiger partial charge in [-0.3, -0.25) is 4.79 Å². The van der Waals surface area contributed by atoms with Crippen LogP contribution in [0.2, 0.25) is 5.02 Å². The van der Waals surface area contributed by atoms with Crippen molar-refractivity contribution in [1.29, 1.82) is 0 Å². The van der Waals surface area contributed by atoms with E-state index < -0.39 is 17.2 Å². The molecule has 2 amide bonds. The zero-order chi connectivity index (χ0) is 18.6. The molecule has 0 spiro atoms. The Kier molecular flexibility index (Phi) is 6.27. The van der Waals surface area contributed by atoms with Gasteiger partial charge >= 0.3 is 12.0 Å². The van der Waals surface area contributed by atoms with E-state index in [2.05, 4.69) is 10.6 Å². The lowest BCUT2D eigenvalue weighted by Gasteiger charge is -2.29. The second-order valence-corrected chi connectivity index (χ2v) is 7.63. The molecule has 7 heteroatoms. The van der Waals surface area contributed by atoms with Crippen LogP contribution in [0.5, 0.6) is 0 Å². The van der Waals surface area contributed by atoms with Gasteiger partial charge in [-0.1, -0.05) is 31.5 Å². The number of hydrogen-bond acceptors (Lipinski definition) is 2. The van der Waals surface area contributed by atoms with Crippen molar-refractivity contribution < 1.29 is 19.1 Å². The van der Waals surface area contributed by atoms with Gasteiger partial charge in [0.2, 0.25) is 0 Å². The first kappa shape index (κ1) is 19.5. The molecule has 0 heterocycles. The normalized spacial score (nSPS) is 20.8. The Balaban J connectivity index is 1.84. The van der Waals surface area contributed by atoms with Crippen molar-refractivity contribution in [3.8, 4) is 0 Å². The smallest absolute Gasteiger partial charge is 0.315 e. The summed E-state index contributed by atoms with van der Waals surface area (Å²) >= 11 is 6.11. The van der Waals surface area contributed by atoms with E-state index in [1.807, 2.05) is 13.8 Å². The molecule has 5 nitrogen and oxygen atoms in total. The summed E-state index contributed by atoms with van der Waals surface area (Å²) < 4.78 is 13.2. The number of rotatable bonds is 5. The van der Waals surface area contributed by atoms with Gasteiger partial charge in [0, 0.05) is 23.0 Å². The summed E-state index contributed by atoms with van der Waals surface area (Å²) in [5.74, 6) is -1.46. The maximum absolute atomic E-state index is 13.2. The zero-order valence-electron chi connectivity index (χ0n) is 14.4. The molecule has 0 saturated heterocycles. The fraction of sp³-hybridized carbons (Fsp3) is 0.556. The topological polar surface area (TPSA) is 78.4 Å². The van der Waals surface area contributed by atoms with Crippen LogP contribution < -0.4 is 10.6 Å². The van der Waals surface area contributed by atoms with Crippen LogP contribution in [0.4, 0.5) is 9.18 Å². The van der Waals surface area contributed by atoms with Crippen LogP contribution >= 0.6 is 11.6 Å². The minimum absolute atomic E-state index is 0.00637. The SMILES string of the molecule is CC(C)(CNC(=O)NC1CCC(C(=O)O)CC1)c1ccc(F)cc1Cl. The van der Waals surface area contributed by atoms with Gasteiger partial charge in [-0.2, -0.15) is 0 Å². The Morgan fingerprint density at radius 1 is 1.28 bits per heavy atom. The molecule has 1 aliphatic carbocycles. The van der Waals surface area contributed by atoms with E-state index in [-0.39, 0.29) is 18.0 Å². The highest BCUT2D eigenvalue weighted by atomic mass is 35.5. The molecule has 0 radical (unpaired) electrons. The third kappa shape index (κ3) is 5.33. The highest BCUT2D eigenvalue weighted by Crippen LogP contribution is 2.30. The molecular formula is C18H24ClFN2O3. The van der Waals surface area contributed by atoms with Gasteiger partial charge < -0.3 is 15.7 Å². The first-order valence-electron chi connectivity index (χ1n) is 8.42. The number of amides is 2. The summed E-state index contributed by atoms with van der Waals surface area (Å²) in [5.41, 5.74) is 0.307. The number of nitrogens with one attached hydrogen (secondary N) is 2. The van der Waals surface area contributed by atoms with Crippen molar-refractivity contribution in [3.05, 3.63) is 34.6 Å². The van der Waals surface area contributed by atoms with Crippen LogP contribution in [0.3, 0.4) is 0 Å². The molecular weight excluding hydrogens is 347 g/mol. The van der Waals surface area contributed by atoms with Crippen LogP contribution in [-0.2, 0) is 10.2 Å². The third-order valence-electron chi connectivity index (χ3n) is 4.76. The molecule has 1 fully saturated rings. The molecule has 138 valence electrons. The summed E-state index contributed by atoms with van der Waals surface area (Å²) in [6.45, 7) is 4.18. The highest BCUT2D eigenvalue weighted by molar-refractivity contribution is 6.31. The lowest BCUT2D eigenvalue weighted by Crippen LogP contribution is -2.47. The number of carboxylic acid groups (broad SMARTS) is 1. The monoisotopic (exact) mass is 370 g/mol. The number of carbonyl (C=O) groups is 2. The maximum Gasteiger partial charge on any atom is 0.315 e. The number of halogens is 2. The molecule has 1 aliphatic rings. The lowest BCUT2D eigenvalue weighted by molar-refractivity contribution is -0.142. The first-order valence-corrected chi connectivity index (χ1v) is 8.79. The van der Waals surface area contributed by atoms with Crippen LogP contribution in [0.15, 0.2) is 18.2 Å². The predicted molar refractivity (Wildman–Crippen MR) is 94.4 cm³/mol. The first-order chi connectivity index (χ1) is 11.7. The van der Waals surface area contributed by atoms with E-state index in [0.29, 0.717) is 37.3 Å². The molecule has 2 rings (SSSR count). The second kappa shape index (κ2) is 8.04. The average Bonchev–Trinajstić information content (AvgIpc) is 2.53. The molecule has 25 heavy (non-hydrogen) atoms. The Labute approximate surface area is 151 Å². The lowest BCUT2D eigenvalue weighted by atomic mass is 9.84. The molecule has 1 saturated carbocycles. The molecule has 3 N–H and O–H groups in total. The molecule has 0 unspecified atom stereocenters. The maximum atomic E-state index is 13.2. The molecule has 1 aromatic carbocycles. The predicted octanol–water partition coefficient (Wildman–Crippen LogP) is 3.70. The van der Waals surface area contributed by atoms with Gasteiger partial charge in [-0.05, 0) is 43.4 Å². The van der Waals surface area contributed by atoms with Crippen LogP contribution in [0.25, 0.3) is 0 Å². The van der Waals surface area contributed by atoms with Gasteiger partial charge in [-0.15, -0.1) is 0 Å². The van der Waals surface area contributed by atoms with Crippen molar-refractivity contribution in [3.63, 3.8) is 0 Å². The molecule has 1 aromatic rings. The van der Waals surface area contributed by atoms with Crippen molar-refractivity contribution >= 4 is 23.6 Å². The van der Waals surface area contributed by atoms with Crippen LogP contribution in [-0.4, -0.2) is 29.7 Å². The van der Waals surface area contributed by atoms with Gasteiger partial charge in [0.25, 0.3) is 0 Å². The summed E-state index contributed by atoms with van der Waals surface area (Å²) in [7, 11) is 0. The number of hydrogen-bond donors (Lipinski definition) is 3. The van der Waals surface area contributed by atoms with E-state index in [0.717, 1.165) is 5.56 Å². The van der Waals surface area contributed by atoms with E-state index in [1.165, 1.54) is 12.1 Å². The van der Waals surface area contributed by atoms with Crippen molar-refractivity contribution in [2.75, 3.05) is 6.54 Å². The van der Waals surface area contributed by atoms with Gasteiger partial charge in [0.15, 0.2) is 0 Å². The fourth-order valence-electron chi connectivity index (χ4n) is 3.16. The number of carboxylic acids is 1. The zero-order valence-corrected chi connectivity index (χ0v) is 15.2. The number of urea groups is 1. The highest BCUT2D eigenvalue weighted by Gasteiger charge is 2.28. The summed E-state index contributed by atoms with van der Waals surface area (Å²) in [5, 5.41) is 15.0. The minimum Gasteiger partial charge on any atom is -0.481 e. The molecule has 0 aromatic heterocycles. The Morgan fingerprint density at radius 2 is 1.92 bits per heavy atom. The fourth-order valence-corrected chi connectivity index (χ4v) is 3.58. The molecule has 0 bridgehead atoms. The quantitative estimate of drug-likeness (QED) is 0.739. The standard InChI is InChI=1S/C18H24ClFN2O3/c1-18(2,14-8-5-12(20)9-15(14)19)10-21-17(25)22-13-6-3-11(4-7-13)16(23)24/h5,8-9,11,13H,3-4,6-7,10H2,1-2H3,(H,23,24)(H2,21,22,25). The number of benzene rings is 1. The minimum atomic E-state index is -0.763. The van der Waals surface area contributed by atoms with Gasteiger partial charge in [0.1, 0.15) is 5.82 Å². The number of carbonyl (C=O) groups excluding carboxylic acids is 1. The van der Waals surface area contributed by atoms with E-state index in [1.54, 1.807) is 6.07 Å². The Bertz CT molecular complexity index is 643. The van der Waals surface area contributed by atoms with E-state index in [4.69, 9.17) is 16.7 Å². The van der Waals surface area contributed by atoms with E-state index in [9.17, 15) is 14.0 Å². The Hall–Kier alpha value is -1.82. The summed E-state index contributed by atoms with van der Waals surface area (Å²) in [6, 6.07) is 3.95. The van der Waals surface area contributed by atoms with Crippen LogP contribution in [0, 0.1) is 11.7 Å². The van der Waals surface area contributed by atoms with E-state index >= 15 is 0 Å². The third-order valence-corrected chi connectivity index (χ3v) is 5.08. The van der Waals surface area contributed by atoms with Gasteiger partial charge in [0.05, 0.1) is 5.92 Å². The largest absolute Gasteiger partial charge is 0.481 e. The van der Waals surface area contributed by atoms with Crippen LogP contribution in [0.1, 0.15) is 45.1 Å². The Morgan fingerprint density at radius 3 is 2.48 bits per heavy atom.